The molecule has 2 heterocycles. The topological polar surface area (TPSA) is 29.0 Å². The fourth-order valence-electron chi connectivity index (χ4n) is 1.56. The first-order valence-electron chi connectivity index (χ1n) is 4.67. The smallest absolute Gasteiger partial charge is 0.251 e. The Kier molecular flexibility index (Phi) is 2.50. The number of rotatable bonds is 1. The normalized spacial score (nSPS) is 20.3. The Morgan fingerprint density at radius 1 is 1.20 bits per heavy atom. The van der Waals surface area contributed by atoms with Crippen molar-refractivity contribution in [2.45, 2.75) is 18.8 Å². The first kappa shape index (κ1) is 10.2. The standard InChI is InChI=1S/C9H10F3N3/c10-7-5-8(14-6-13-7)15-3-1-9(11,12)2-4-15/h5-6H,1-4H2. The summed E-state index contributed by atoms with van der Waals surface area (Å²) in [5, 5.41) is 0. The molecule has 0 saturated carbocycles. The van der Waals surface area contributed by atoms with Gasteiger partial charge in [0.2, 0.25) is 5.95 Å². The zero-order chi connectivity index (χ0) is 10.9. The van der Waals surface area contributed by atoms with Crippen LogP contribution in [0.5, 0.6) is 0 Å². The maximum absolute atomic E-state index is 12.8. The van der Waals surface area contributed by atoms with Crippen LogP contribution >= 0.6 is 0 Å². The second-order valence-corrected chi connectivity index (χ2v) is 3.54. The van der Waals surface area contributed by atoms with Crippen molar-refractivity contribution in [3.05, 3.63) is 18.3 Å². The van der Waals surface area contributed by atoms with Gasteiger partial charge in [-0.2, -0.15) is 4.39 Å². The van der Waals surface area contributed by atoms with Gasteiger partial charge in [0.15, 0.2) is 0 Å². The number of halogens is 3. The summed E-state index contributed by atoms with van der Waals surface area (Å²) in [6, 6.07) is 1.16. The first-order chi connectivity index (χ1) is 7.07. The molecule has 0 bridgehead atoms. The third-order valence-electron chi connectivity index (χ3n) is 2.44. The van der Waals surface area contributed by atoms with Crippen LogP contribution in [-0.2, 0) is 0 Å². The molecule has 0 atom stereocenters. The number of aromatic nitrogens is 2. The van der Waals surface area contributed by atoms with E-state index in [1.807, 2.05) is 0 Å². The molecule has 0 aliphatic carbocycles. The van der Waals surface area contributed by atoms with Crippen LogP contribution in [-0.4, -0.2) is 29.0 Å². The van der Waals surface area contributed by atoms with Gasteiger partial charge in [-0.15, -0.1) is 0 Å². The van der Waals surface area contributed by atoms with Gasteiger partial charge in [-0.1, -0.05) is 0 Å². The SMILES string of the molecule is Fc1cc(N2CCC(F)(F)CC2)ncn1. The van der Waals surface area contributed by atoms with Gasteiger partial charge in [-0.3, -0.25) is 0 Å². The van der Waals surface area contributed by atoms with Crippen molar-refractivity contribution in [3.8, 4) is 0 Å². The van der Waals surface area contributed by atoms with Gasteiger partial charge in [0.25, 0.3) is 5.92 Å². The van der Waals surface area contributed by atoms with Crippen LogP contribution in [0.25, 0.3) is 0 Å². The van der Waals surface area contributed by atoms with E-state index < -0.39 is 11.9 Å². The predicted molar refractivity (Wildman–Crippen MR) is 48.4 cm³/mol. The maximum Gasteiger partial charge on any atom is 0.251 e. The van der Waals surface area contributed by atoms with Gasteiger partial charge in [0, 0.05) is 32.0 Å². The van der Waals surface area contributed by atoms with E-state index in [0.717, 1.165) is 12.4 Å². The van der Waals surface area contributed by atoms with Crippen molar-refractivity contribution in [2.24, 2.45) is 0 Å². The molecule has 2 rings (SSSR count). The highest BCUT2D eigenvalue weighted by molar-refractivity contribution is 5.37. The van der Waals surface area contributed by atoms with E-state index in [1.165, 1.54) is 0 Å². The molecule has 0 radical (unpaired) electrons. The predicted octanol–water partition coefficient (Wildman–Crippen LogP) is 1.85. The summed E-state index contributed by atoms with van der Waals surface area (Å²) in [7, 11) is 0. The zero-order valence-electron chi connectivity index (χ0n) is 7.96. The lowest BCUT2D eigenvalue weighted by Gasteiger charge is -2.32. The van der Waals surface area contributed by atoms with Crippen LogP contribution < -0.4 is 4.90 Å². The molecule has 0 spiro atoms. The molecule has 1 fully saturated rings. The molecule has 0 unspecified atom stereocenters. The second-order valence-electron chi connectivity index (χ2n) is 3.54. The van der Waals surface area contributed by atoms with Crippen molar-refractivity contribution in [3.63, 3.8) is 0 Å². The van der Waals surface area contributed by atoms with Gasteiger partial charge in [0.1, 0.15) is 12.1 Å². The average molecular weight is 217 g/mol. The van der Waals surface area contributed by atoms with Crippen LogP contribution in [0.1, 0.15) is 12.8 Å². The Labute approximate surface area is 84.9 Å². The zero-order valence-corrected chi connectivity index (χ0v) is 7.96. The van der Waals surface area contributed by atoms with E-state index in [-0.39, 0.29) is 25.9 Å². The number of hydrogen-bond acceptors (Lipinski definition) is 3. The molecule has 6 heteroatoms. The van der Waals surface area contributed by atoms with Crippen molar-refractivity contribution in [1.82, 2.24) is 9.97 Å². The Morgan fingerprint density at radius 3 is 2.47 bits per heavy atom. The van der Waals surface area contributed by atoms with Crippen LogP contribution in [0.3, 0.4) is 0 Å². The molecule has 15 heavy (non-hydrogen) atoms. The maximum atomic E-state index is 12.8. The van der Waals surface area contributed by atoms with Crippen molar-refractivity contribution < 1.29 is 13.2 Å². The van der Waals surface area contributed by atoms with Crippen LogP contribution in [0.4, 0.5) is 19.0 Å². The largest absolute Gasteiger partial charge is 0.356 e. The summed E-state index contributed by atoms with van der Waals surface area (Å²) in [4.78, 5) is 8.79. The van der Waals surface area contributed by atoms with Crippen molar-refractivity contribution in [2.75, 3.05) is 18.0 Å². The number of piperidine rings is 1. The number of alkyl halides is 2. The lowest BCUT2D eigenvalue weighted by atomic mass is 10.1. The fourth-order valence-corrected chi connectivity index (χ4v) is 1.56. The molecule has 82 valence electrons. The summed E-state index contributed by atoms with van der Waals surface area (Å²) in [6.45, 7) is 0.396. The van der Waals surface area contributed by atoms with Gasteiger partial charge in [-0.05, 0) is 0 Å². The molecular formula is C9H10F3N3. The number of anilines is 1. The summed E-state index contributed by atoms with van der Waals surface area (Å²) < 4.78 is 38.4. The first-order valence-corrected chi connectivity index (χ1v) is 4.67. The lowest BCUT2D eigenvalue weighted by molar-refractivity contribution is -0.0221. The van der Waals surface area contributed by atoms with E-state index in [2.05, 4.69) is 9.97 Å². The number of hydrogen-bond donors (Lipinski definition) is 0. The summed E-state index contributed by atoms with van der Waals surface area (Å²) in [5.41, 5.74) is 0. The summed E-state index contributed by atoms with van der Waals surface area (Å²) in [5.74, 6) is -2.86. The van der Waals surface area contributed by atoms with E-state index in [1.54, 1.807) is 4.90 Å². The fraction of sp³-hybridized carbons (Fsp3) is 0.556. The van der Waals surface area contributed by atoms with Crippen LogP contribution in [0.15, 0.2) is 12.4 Å². The lowest BCUT2D eigenvalue weighted by Crippen LogP contribution is -2.39. The van der Waals surface area contributed by atoms with Crippen molar-refractivity contribution >= 4 is 5.82 Å². The van der Waals surface area contributed by atoms with E-state index >= 15 is 0 Å². The van der Waals surface area contributed by atoms with E-state index in [4.69, 9.17) is 0 Å². The highest BCUT2D eigenvalue weighted by Gasteiger charge is 2.34. The molecule has 0 N–H and O–H groups in total. The molecule has 0 aromatic carbocycles. The second kappa shape index (κ2) is 3.67. The Hall–Kier alpha value is -1.33. The van der Waals surface area contributed by atoms with Gasteiger partial charge in [0.05, 0.1) is 0 Å². The summed E-state index contributed by atoms with van der Waals surface area (Å²) >= 11 is 0. The Balaban J connectivity index is 2.08. The third-order valence-corrected chi connectivity index (χ3v) is 2.44. The minimum absolute atomic E-state index is 0.198. The molecule has 1 aliphatic heterocycles. The van der Waals surface area contributed by atoms with Gasteiger partial charge in [-0.25, -0.2) is 18.7 Å². The highest BCUT2D eigenvalue weighted by Crippen LogP contribution is 2.29. The molecule has 1 aromatic rings. The molecule has 3 nitrogen and oxygen atoms in total. The number of nitrogens with zero attached hydrogens (tertiary/aromatic N) is 3. The quantitative estimate of drug-likeness (QED) is 0.672. The van der Waals surface area contributed by atoms with Crippen molar-refractivity contribution in [1.29, 1.82) is 0 Å². The monoisotopic (exact) mass is 217 g/mol. The highest BCUT2D eigenvalue weighted by atomic mass is 19.3. The van der Waals surface area contributed by atoms with Gasteiger partial charge >= 0.3 is 0 Å². The summed E-state index contributed by atoms with van der Waals surface area (Å²) in [6.07, 6.45) is 0.675. The average Bonchev–Trinajstić information content (AvgIpc) is 2.17. The minimum atomic E-state index is -2.60. The molecular weight excluding hydrogens is 207 g/mol. The third kappa shape index (κ3) is 2.37. The van der Waals surface area contributed by atoms with Gasteiger partial charge < -0.3 is 4.90 Å². The minimum Gasteiger partial charge on any atom is -0.356 e. The van der Waals surface area contributed by atoms with E-state index in [9.17, 15) is 13.2 Å². The Bertz CT molecular complexity index is 346. The van der Waals surface area contributed by atoms with Crippen LogP contribution in [0, 0.1) is 5.95 Å². The Morgan fingerprint density at radius 2 is 1.87 bits per heavy atom. The molecule has 1 aromatic heterocycles. The van der Waals surface area contributed by atoms with E-state index in [0.29, 0.717) is 5.82 Å². The molecule has 1 saturated heterocycles. The molecule has 1 aliphatic rings. The molecule has 0 amide bonds. The van der Waals surface area contributed by atoms with Crippen LogP contribution in [0.2, 0.25) is 0 Å².